The molecule has 1 unspecified atom stereocenters. The van der Waals surface area contributed by atoms with E-state index in [1.807, 2.05) is 49.5 Å². The topological polar surface area (TPSA) is 163 Å². The highest BCUT2D eigenvalue weighted by Crippen LogP contribution is 2.35. The Bertz CT molecular complexity index is 1590. The number of likely N-dealkylation sites (N-methyl/N-ethyl adjacent to an activating group) is 1. The molecule has 0 bridgehead atoms. The molecule has 2 aliphatic rings. The molecule has 1 saturated heterocycles. The van der Waals surface area contributed by atoms with Gasteiger partial charge in [-0.1, -0.05) is 6.07 Å². The van der Waals surface area contributed by atoms with Gasteiger partial charge in [0.05, 0.1) is 24.9 Å². The van der Waals surface area contributed by atoms with Crippen LogP contribution in [0.3, 0.4) is 0 Å². The van der Waals surface area contributed by atoms with Crippen LogP contribution in [0.5, 0.6) is 17.2 Å². The molecule has 1 aromatic heterocycles. The van der Waals surface area contributed by atoms with Crippen molar-refractivity contribution < 1.29 is 65.1 Å². The summed E-state index contributed by atoms with van der Waals surface area (Å²) < 4.78 is 81.0. The van der Waals surface area contributed by atoms with Crippen LogP contribution in [0.1, 0.15) is 24.1 Å². The summed E-state index contributed by atoms with van der Waals surface area (Å²) in [6.07, 6.45) is -5.48. The fourth-order valence-corrected chi connectivity index (χ4v) is 4.83. The molecule has 1 fully saturated rings. The summed E-state index contributed by atoms with van der Waals surface area (Å²) in [6.45, 7) is 3.98. The number of hydrogen-bond acceptors (Lipinski definition) is 8. The van der Waals surface area contributed by atoms with Gasteiger partial charge in [-0.05, 0) is 81.2 Å². The summed E-state index contributed by atoms with van der Waals surface area (Å²) >= 11 is 0. The Morgan fingerprint density at radius 2 is 1.71 bits per heavy atom. The first-order valence-corrected chi connectivity index (χ1v) is 14.6. The number of anilines is 1. The van der Waals surface area contributed by atoms with E-state index in [9.17, 15) is 31.1 Å². The minimum absolute atomic E-state index is 0.0893. The van der Waals surface area contributed by atoms with Gasteiger partial charge in [-0.15, -0.1) is 0 Å². The maximum Gasteiger partial charge on any atom is 0.490 e. The number of alkyl halides is 6. The van der Waals surface area contributed by atoms with Crippen molar-refractivity contribution in [2.45, 2.75) is 44.6 Å². The van der Waals surface area contributed by atoms with Crippen LogP contribution in [0, 0.1) is 12.8 Å². The smallest absolute Gasteiger partial charge is 0.490 e. The summed E-state index contributed by atoms with van der Waals surface area (Å²) in [7, 11) is 3.76. The van der Waals surface area contributed by atoms with Crippen molar-refractivity contribution in [2.75, 3.05) is 39.2 Å². The normalized spacial score (nSPS) is 17.2. The highest BCUT2D eigenvalue weighted by Gasteiger charge is 2.39. The largest absolute Gasteiger partial charge is 0.497 e. The molecule has 0 spiro atoms. The summed E-state index contributed by atoms with van der Waals surface area (Å²) in [5, 5.41) is 24.5. The van der Waals surface area contributed by atoms with Crippen LogP contribution in [0.2, 0.25) is 0 Å². The third-order valence-electron chi connectivity index (χ3n) is 7.51. The van der Waals surface area contributed by atoms with Crippen molar-refractivity contribution in [1.29, 1.82) is 0 Å². The molecule has 3 aromatic rings. The molecule has 2 aromatic carbocycles. The zero-order chi connectivity index (χ0) is 36.5. The van der Waals surface area contributed by atoms with Crippen LogP contribution >= 0.6 is 0 Å². The van der Waals surface area contributed by atoms with Gasteiger partial charge in [0, 0.05) is 17.3 Å². The maximum atomic E-state index is 13.3. The molecule has 12 nitrogen and oxygen atoms in total. The Hall–Kier alpha value is -5.00. The number of rotatable bonds is 7. The second-order valence-electron chi connectivity index (χ2n) is 11.0. The van der Waals surface area contributed by atoms with Gasteiger partial charge in [-0.3, -0.25) is 9.89 Å². The predicted octanol–water partition coefficient (Wildman–Crippen LogP) is 5.32. The Balaban J connectivity index is 0.000000392. The number of carboxylic acids is 2. The van der Waals surface area contributed by atoms with Gasteiger partial charge in [0.1, 0.15) is 30.5 Å². The van der Waals surface area contributed by atoms with Crippen LogP contribution in [-0.4, -0.2) is 95.5 Å². The van der Waals surface area contributed by atoms with Gasteiger partial charge < -0.3 is 34.6 Å². The average Bonchev–Trinajstić information content (AvgIpc) is 3.66. The van der Waals surface area contributed by atoms with E-state index in [1.54, 1.807) is 7.11 Å². The molecule has 3 heterocycles. The lowest BCUT2D eigenvalue weighted by Gasteiger charge is -2.26. The fraction of sp³-hybridized carbons (Fsp3) is 0.419. The van der Waals surface area contributed by atoms with E-state index in [-0.39, 0.29) is 11.8 Å². The number of aryl methyl sites for hydroxylation is 1. The number of carbonyl (C=O) groups excluding carboxylic acids is 1. The summed E-state index contributed by atoms with van der Waals surface area (Å²) in [4.78, 5) is 33.4. The number of amides is 1. The fourth-order valence-electron chi connectivity index (χ4n) is 4.83. The molecule has 0 aliphatic carbocycles. The van der Waals surface area contributed by atoms with E-state index in [2.05, 4.69) is 27.5 Å². The zero-order valence-electron chi connectivity index (χ0n) is 26.4. The molecule has 5 rings (SSSR count). The number of methoxy groups -OCH3 is 1. The molecule has 2 atom stereocenters. The number of carbonyl (C=O) groups is 3. The van der Waals surface area contributed by atoms with E-state index in [0.717, 1.165) is 46.8 Å². The predicted molar refractivity (Wildman–Crippen MR) is 162 cm³/mol. The number of aromatic amines is 1. The van der Waals surface area contributed by atoms with Gasteiger partial charge in [0.2, 0.25) is 5.91 Å². The summed E-state index contributed by atoms with van der Waals surface area (Å²) in [5.41, 5.74) is 4.62. The number of hydrogen-bond donors (Lipinski definition) is 4. The monoisotopic (exact) mass is 704 g/mol. The highest BCUT2D eigenvalue weighted by atomic mass is 19.4. The van der Waals surface area contributed by atoms with Crippen molar-refractivity contribution in [3.05, 3.63) is 53.9 Å². The lowest BCUT2D eigenvalue weighted by atomic mass is 9.95. The second kappa shape index (κ2) is 16.4. The minimum Gasteiger partial charge on any atom is -0.497 e. The van der Waals surface area contributed by atoms with E-state index in [4.69, 9.17) is 34.0 Å². The molecule has 18 heteroatoms. The maximum absolute atomic E-state index is 13.3. The number of nitrogens with zero attached hydrogens (tertiary/aromatic N) is 2. The van der Waals surface area contributed by atoms with Gasteiger partial charge in [-0.2, -0.15) is 31.4 Å². The van der Waals surface area contributed by atoms with Crippen LogP contribution < -0.4 is 19.5 Å². The molecule has 268 valence electrons. The Morgan fingerprint density at radius 1 is 1.06 bits per heavy atom. The molecule has 2 aliphatic heterocycles. The number of nitrogens with one attached hydrogen (secondary N) is 2. The molecule has 49 heavy (non-hydrogen) atoms. The van der Waals surface area contributed by atoms with Crippen molar-refractivity contribution in [2.24, 2.45) is 5.92 Å². The van der Waals surface area contributed by atoms with E-state index < -0.39 is 24.3 Å². The molecular formula is C31H34F6N4O8. The number of fused-ring (bicyclic) bond motifs is 1. The SMILES string of the molecule is COc1ccc2c(c1)CC(C(=O)Nc1ccc(-c3cn[nH]c3C)cc1OC[C@@H]1CCCN1C)CO2.O=C(O)C(F)(F)F.O=C(O)C(F)(F)F. The third kappa shape index (κ3) is 11.0. The highest BCUT2D eigenvalue weighted by molar-refractivity contribution is 5.95. The van der Waals surface area contributed by atoms with Crippen molar-refractivity contribution in [1.82, 2.24) is 15.1 Å². The Labute approximate surface area is 275 Å². The first-order chi connectivity index (χ1) is 22.9. The number of halogens is 6. The number of aliphatic carboxylic acids is 2. The lowest BCUT2D eigenvalue weighted by Crippen LogP contribution is -2.33. The van der Waals surface area contributed by atoms with Gasteiger partial charge in [0.15, 0.2) is 0 Å². The molecular weight excluding hydrogens is 670 g/mol. The summed E-state index contributed by atoms with van der Waals surface area (Å²) in [5.74, 6) is -3.69. The number of likely N-dealkylation sites (tertiary alicyclic amines) is 1. The minimum atomic E-state index is -5.08. The third-order valence-corrected chi connectivity index (χ3v) is 7.51. The number of ether oxygens (including phenoxy) is 3. The quantitative estimate of drug-likeness (QED) is 0.237. The van der Waals surface area contributed by atoms with Gasteiger partial charge in [0.25, 0.3) is 0 Å². The van der Waals surface area contributed by atoms with Crippen molar-refractivity contribution in [3.8, 4) is 28.4 Å². The Morgan fingerprint density at radius 3 is 2.24 bits per heavy atom. The standard InChI is InChI=1S/C27H32N4O4.2C2HF3O2/c1-17-23(14-28-30-17)18-6-8-24(26(13-18)35-16-21-5-4-10-31(21)2)29-27(32)20-11-19-12-22(33-3)7-9-25(19)34-15-20;2*3-2(4,5)1(6)7/h6-9,12-14,20-21H,4-5,10-11,15-16H2,1-3H3,(H,28,30)(H,29,32);2*(H,6,7)/t20?,21-;;/m0../s1. The van der Waals surface area contributed by atoms with E-state index in [1.165, 1.54) is 6.42 Å². The zero-order valence-corrected chi connectivity index (χ0v) is 26.4. The molecule has 0 radical (unpaired) electrons. The molecule has 4 N–H and O–H groups in total. The van der Waals surface area contributed by atoms with E-state index >= 15 is 0 Å². The number of aromatic nitrogens is 2. The molecule has 1 amide bonds. The lowest BCUT2D eigenvalue weighted by molar-refractivity contribution is -0.193. The number of benzene rings is 2. The molecule has 0 saturated carbocycles. The van der Waals surface area contributed by atoms with Gasteiger partial charge in [-0.25, -0.2) is 9.59 Å². The number of carboxylic acid groups (broad SMARTS) is 2. The average molecular weight is 705 g/mol. The number of H-pyrrole nitrogens is 1. The van der Waals surface area contributed by atoms with Crippen LogP contribution in [0.4, 0.5) is 32.0 Å². The van der Waals surface area contributed by atoms with Crippen LogP contribution in [-0.2, 0) is 20.8 Å². The summed E-state index contributed by atoms with van der Waals surface area (Å²) in [6, 6.07) is 12.0. The van der Waals surface area contributed by atoms with Crippen LogP contribution in [0.15, 0.2) is 42.6 Å². The van der Waals surface area contributed by atoms with Crippen molar-refractivity contribution >= 4 is 23.5 Å². The van der Waals surface area contributed by atoms with Gasteiger partial charge >= 0.3 is 24.3 Å². The van der Waals surface area contributed by atoms with Crippen molar-refractivity contribution in [3.63, 3.8) is 0 Å². The first-order valence-electron chi connectivity index (χ1n) is 14.6. The first kappa shape index (κ1) is 38.4. The van der Waals surface area contributed by atoms with Crippen LogP contribution in [0.25, 0.3) is 11.1 Å². The van der Waals surface area contributed by atoms with E-state index in [0.29, 0.717) is 37.1 Å². The second-order valence-corrected chi connectivity index (χ2v) is 11.0. The Kier molecular flexibility index (Phi) is 12.9.